The van der Waals surface area contributed by atoms with Crippen molar-refractivity contribution >= 4 is 0 Å². The third kappa shape index (κ3) is 4.04. The molecule has 0 atom stereocenters. The average molecular weight is 176 g/mol. The van der Waals surface area contributed by atoms with Crippen LogP contribution in [-0.4, -0.2) is 37.1 Å². The summed E-state index contributed by atoms with van der Waals surface area (Å²) >= 11 is 0. The molecule has 1 saturated heterocycles. The first-order valence-corrected chi connectivity index (χ1v) is 4.37. The summed E-state index contributed by atoms with van der Waals surface area (Å²) in [6.07, 6.45) is 0.892. The van der Waals surface area contributed by atoms with Crippen LogP contribution in [0, 0.1) is 0 Å². The van der Waals surface area contributed by atoms with Gasteiger partial charge in [0.2, 0.25) is 0 Å². The fourth-order valence-electron chi connectivity index (χ4n) is 0.796. The molecule has 1 heterocycles. The predicted molar refractivity (Wildman–Crippen MR) is 48.2 cm³/mol. The van der Waals surface area contributed by atoms with Gasteiger partial charge in [-0.25, -0.2) is 0 Å². The van der Waals surface area contributed by atoms with Crippen LogP contribution in [0.15, 0.2) is 0 Å². The number of rotatable bonds is 2. The van der Waals surface area contributed by atoms with Crippen LogP contribution in [0.2, 0.25) is 0 Å². The minimum Gasteiger partial charge on any atom is -0.394 e. The Morgan fingerprint density at radius 2 is 1.92 bits per heavy atom. The SMILES string of the molecule is CC(C)O.CCC1(OC)COC1. The lowest BCUT2D eigenvalue weighted by Crippen LogP contribution is -2.50. The molecule has 3 heteroatoms. The Bertz CT molecular complexity index is 92.1. The summed E-state index contributed by atoms with van der Waals surface area (Å²) in [7, 11) is 1.74. The summed E-state index contributed by atoms with van der Waals surface area (Å²) in [5.74, 6) is 0. The zero-order valence-electron chi connectivity index (χ0n) is 8.46. The minimum absolute atomic E-state index is 0.0833. The molecule has 0 spiro atoms. The van der Waals surface area contributed by atoms with Crippen LogP contribution in [0.1, 0.15) is 27.2 Å². The van der Waals surface area contributed by atoms with Crippen LogP contribution >= 0.6 is 0 Å². The molecule has 0 amide bonds. The fourth-order valence-corrected chi connectivity index (χ4v) is 0.796. The first-order chi connectivity index (χ1) is 5.56. The van der Waals surface area contributed by atoms with Gasteiger partial charge in [0.05, 0.1) is 13.2 Å². The molecule has 0 aliphatic carbocycles. The van der Waals surface area contributed by atoms with E-state index in [1.807, 2.05) is 0 Å². The number of hydrogen-bond donors (Lipinski definition) is 1. The fraction of sp³-hybridized carbons (Fsp3) is 1.00. The molecule has 0 aromatic heterocycles. The Labute approximate surface area is 74.7 Å². The van der Waals surface area contributed by atoms with Gasteiger partial charge in [0, 0.05) is 13.2 Å². The molecule has 12 heavy (non-hydrogen) atoms. The molecule has 74 valence electrons. The Morgan fingerprint density at radius 1 is 1.50 bits per heavy atom. The van der Waals surface area contributed by atoms with Crippen LogP contribution in [0.4, 0.5) is 0 Å². The van der Waals surface area contributed by atoms with Gasteiger partial charge in [0.1, 0.15) is 5.60 Å². The van der Waals surface area contributed by atoms with Gasteiger partial charge >= 0.3 is 0 Å². The second kappa shape index (κ2) is 5.51. The summed E-state index contributed by atoms with van der Waals surface area (Å²) in [6.45, 7) is 7.12. The van der Waals surface area contributed by atoms with Crippen LogP contribution in [0.3, 0.4) is 0 Å². The van der Waals surface area contributed by atoms with Gasteiger partial charge in [0.15, 0.2) is 0 Å². The molecule has 1 aliphatic heterocycles. The molecule has 0 unspecified atom stereocenters. The Hall–Kier alpha value is -0.120. The van der Waals surface area contributed by atoms with Crippen LogP contribution in [0.25, 0.3) is 0 Å². The smallest absolute Gasteiger partial charge is 0.114 e. The molecule has 1 N–H and O–H groups in total. The van der Waals surface area contributed by atoms with Crippen molar-refractivity contribution in [3.05, 3.63) is 0 Å². The second-order valence-electron chi connectivity index (χ2n) is 3.33. The zero-order chi connectivity index (χ0) is 9.61. The number of ether oxygens (including phenoxy) is 2. The predicted octanol–water partition coefficient (Wildman–Crippen LogP) is 1.20. The van der Waals surface area contributed by atoms with Crippen molar-refractivity contribution in [3.63, 3.8) is 0 Å². The van der Waals surface area contributed by atoms with Crippen molar-refractivity contribution in [2.24, 2.45) is 0 Å². The molecule has 0 aromatic rings. The standard InChI is InChI=1S/C6H12O2.C3H8O/c1-3-6(7-2)4-8-5-6;1-3(2)4/h3-5H2,1-2H3;3-4H,1-2H3. The lowest BCUT2D eigenvalue weighted by Gasteiger charge is -2.39. The normalized spacial score (nSPS) is 19.5. The van der Waals surface area contributed by atoms with Gasteiger partial charge in [-0.2, -0.15) is 0 Å². The van der Waals surface area contributed by atoms with Crippen molar-refractivity contribution in [3.8, 4) is 0 Å². The van der Waals surface area contributed by atoms with E-state index in [9.17, 15) is 0 Å². The van der Waals surface area contributed by atoms with E-state index in [2.05, 4.69) is 6.92 Å². The third-order valence-electron chi connectivity index (χ3n) is 1.81. The van der Waals surface area contributed by atoms with Crippen molar-refractivity contribution in [2.45, 2.75) is 38.9 Å². The topological polar surface area (TPSA) is 38.7 Å². The molecule has 0 bridgehead atoms. The first kappa shape index (κ1) is 11.9. The summed E-state index contributed by atoms with van der Waals surface area (Å²) in [5, 5.41) is 8.06. The summed E-state index contributed by atoms with van der Waals surface area (Å²) in [6, 6.07) is 0. The van der Waals surface area contributed by atoms with Crippen molar-refractivity contribution in [2.75, 3.05) is 20.3 Å². The first-order valence-electron chi connectivity index (χ1n) is 4.37. The molecule has 0 saturated carbocycles. The highest BCUT2D eigenvalue weighted by Crippen LogP contribution is 2.23. The van der Waals surface area contributed by atoms with E-state index in [0.29, 0.717) is 0 Å². The van der Waals surface area contributed by atoms with Crippen molar-refractivity contribution in [1.29, 1.82) is 0 Å². The maximum absolute atomic E-state index is 8.06. The molecule has 0 radical (unpaired) electrons. The van der Waals surface area contributed by atoms with Gasteiger partial charge in [-0.3, -0.25) is 0 Å². The van der Waals surface area contributed by atoms with E-state index in [4.69, 9.17) is 14.6 Å². The second-order valence-corrected chi connectivity index (χ2v) is 3.33. The molecule has 1 rings (SSSR count). The van der Waals surface area contributed by atoms with E-state index in [0.717, 1.165) is 19.6 Å². The van der Waals surface area contributed by atoms with Gasteiger partial charge in [-0.1, -0.05) is 6.92 Å². The van der Waals surface area contributed by atoms with E-state index < -0.39 is 0 Å². The largest absolute Gasteiger partial charge is 0.394 e. The highest BCUT2D eigenvalue weighted by atomic mass is 16.6. The van der Waals surface area contributed by atoms with Gasteiger partial charge in [0.25, 0.3) is 0 Å². The lowest BCUT2D eigenvalue weighted by atomic mass is 9.99. The highest BCUT2D eigenvalue weighted by Gasteiger charge is 2.36. The van der Waals surface area contributed by atoms with Gasteiger partial charge in [-0.15, -0.1) is 0 Å². The van der Waals surface area contributed by atoms with E-state index >= 15 is 0 Å². The number of hydrogen-bond acceptors (Lipinski definition) is 3. The van der Waals surface area contributed by atoms with E-state index in [1.54, 1.807) is 21.0 Å². The molecular weight excluding hydrogens is 156 g/mol. The average Bonchev–Trinajstić information content (AvgIpc) is 1.86. The highest BCUT2D eigenvalue weighted by molar-refractivity contribution is 4.85. The quantitative estimate of drug-likeness (QED) is 0.687. The minimum atomic E-state index is -0.167. The van der Waals surface area contributed by atoms with E-state index in [1.165, 1.54) is 0 Å². The maximum atomic E-state index is 8.06. The Kier molecular flexibility index (Phi) is 5.46. The number of methoxy groups -OCH3 is 1. The van der Waals surface area contributed by atoms with Gasteiger partial charge in [-0.05, 0) is 20.3 Å². The Balaban J connectivity index is 0.000000261. The third-order valence-corrected chi connectivity index (χ3v) is 1.81. The zero-order valence-corrected chi connectivity index (χ0v) is 8.46. The van der Waals surface area contributed by atoms with Crippen molar-refractivity contribution < 1.29 is 14.6 Å². The molecule has 1 aliphatic rings. The summed E-state index contributed by atoms with van der Waals surface area (Å²) in [4.78, 5) is 0. The Morgan fingerprint density at radius 3 is 1.92 bits per heavy atom. The van der Waals surface area contributed by atoms with Gasteiger partial charge < -0.3 is 14.6 Å². The lowest BCUT2D eigenvalue weighted by molar-refractivity contribution is -0.196. The van der Waals surface area contributed by atoms with Crippen molar-refractivity contribution in [1.82, 2.24) is 0 Å². The summed E-state index contributed by atoms with van der Waals surface area (Å²) in [5.41, 5.74) is 0.0833. The molecule has 0 aromatic carbocycles. The van der Waals surface area contributed by atoms with E-state index in [-0.39, 0.29) is 11.7 Å². The monoisotopic (exact) mass is 176 g/mol. The van der Waals surface area contributed by atoms with Crippen LogP contribution in [0.5, 0.6) is 0 Å². The number of aliphatic hydroxyl groups is 1. The molecular formula is C9H20O3. The molecule has 1 fully saturated rings. The molecule has 3 nitrogen and oxygen atoms in total. The van der Waals surface area contributed by atoms with Crippen LogP contribution in [-0.2, 0) is 9.47 Å². The summed E-state index contributed by atoms with van der Waals surface area (Å²) < 4.78 is 10.2. The number of aliphatic hydroxyl groups excluding tert-OH is 1. The van der Waals surface area contributed by atoms with Crippen LogP contribution < -0.4 is 0 Å². The maximum Gasteiger partial charge on any atom is 0.114 e.